The van der Waals surface area contributed by atoms with E-state index in [9.17, 15) is 9.90 Å². The van der Waals surface area contributed by atoms with Crippen molar-refractivity contribution in [3.05, 3.63) is 75.6 Å². The number of fused-ring (bicyclic) bond motifs is 1. The summed E-state index contributed by atoms with van der Waals surface area (Å²) < 4.78 is 5.17. The highest BCUT2D eigenvalue weighted by atomic mass is 16.4. The molecule has 0 aliphatic rings. The van der Waals surface area contributed by atoms with Gasteiger partial charge in [-0.15, -0.1) is 0 Å². The number of benzene rings is 2. The van der Waals surface area contributed by atoms with Gasteiger partial charge in [0.1, 0.15) is 24.4 Å². The van der Waals surface area contributed by atoms with Gasteiger partial charge < -0.3 is 14.4 Å². The van der Waals surface area contributed by atoms with Gasteiger partial charge in [-0.3, -0.25) is 0 Å². The lowest BCUT2D eigenvalue weighted by atomic mass is 10.1. The van der Waals surface area contributed by atoms with Gasteiger partial charge in [0.25, 0.3) is 0 Å². The van der Waals surface area contributed by atoms with Crippen molar-refractivity contribution < 1.29 is 14.4 Å². The Hall–Kier alpha value is -2.59. The molecule has 0 fully saturated rings. The number of quaternary nitrogens is 1. The van der Waals surface area contributed by atoms with E-state index in [0.717, 1.165) is 17.5 Å². The Labute approximate surface area is 134 Å². The summed E-state index contributed by atoms with van der Waals surface area (Å²) in [5, 5.41) is 10.4. The molecule has 2 N–H and O–H groups in total. The molecule has 0 spiro atoms. The van der Waals surface area contributed by atoms with Crippen molar-refractivity contribution in [3.8, 4) is 5.75 Å². The lowest BCUT2D eigenvalue weighted by Crippen LogP contribution is -3.06. The van der Waals surface area contributed by atoms with Gasteiger partial charge in [-0.25, -0.2) is 4.79 Å². The molecule has 4 nitrogen and oxygen atoms in total. The molecular formula is C19H20NO3+. The molecule has 3 rings (SSSR count). The van der Waals surface area contributed by atoms with Gasteiger partial charge >= 0.3 is 5.63 Å². The van der Waals surface area contributed by atoms with Crippen molar-refractivity contribution in [2.24, 2.45) is 0 Å². The maximum atomic E-state index is 11.7. The first-order chi connectivity index (χ1) is 11.0. The summed E-state index contributed by atoms with van der Waals surface area (Å²) in [5.74, 6) is 0.0955. The second-order valence-corrected chi connectivity index (χ2v) is 6.07. The lowest BCUT2D eigenvalue weighted by molar-refractivity contribution is -0.907. The van der Waals surface area contributed by atoms with E-state index in [0.29, 0.717) is 12.1 Å². The maximum absolute atomic E-state index is 11.7. The first kappa shape index (κ1) is 15.3. The van der Waals surface area contributed by atoms with Crippen LogP contribution in [0.5, 0.6) is 5.75 Å². The van der Waals surface area contributed by atoms with Crippen LogP contribution < -0.4 is 10.5 Å². The first-order valence-corrected chi connectivity index (χ1v) is 7.64. The van der Waals surface area contributed by atoms with E-state index in [1.807, 2.05) is 0 Å². The molecule has 23 heavy (non-hydrogen) atoms. The second-order valence-electron chi connectivity index (χ2n) is 6.07. The van der Waals surface area contributed by atoms with Crippen LogP contribution in [0.15, 0.2) is 57.7 Å². The SMILES string of the molecule is Cc1ccc(C[NH+](C)Cc2cc(=O)oc3cc(O)ccc23)cc1. The lowest BCUT2D eigenvalue weighted by Gasteiger charge is -2.15. The summed E-state index contributed by atoms with van der Waals surface area (Å²) in [6, 6.07) is 14.9. The molecule has 4 heteroatoms. The summed E-state index contributed by atoms with van der Waals surface area (Å²) in [7, 11) is 2.10. The fourth-order valence-corrected chi connectivity index (χ4v) is 2.81. The van der Waals surface area contributed by atoms with Crippen LogP contribution in [0.4, 0.5) is 0 Å². The van der Waals surface area contributed by atoms with Crippen molar-refractivity contribution >= 4 is 11.0 Å². The molecule has 3 aromatic rings. The van der Waals surface area contributed by atoms with E-state index < -0.39 is 0 Å². The predicted octanol–water partition coefficient (Wildman–Crippen LogP) is 2.02. The molecule has 1 aromatic heterocycles. The average Bonchev–Trinajstić information content (AvgIpc) is 2.49. The second kappa shape index (κ2) is 6.26. The number of rotatable bonds is 4. The van der Waals surface area contributed by atoms with Crippen LogP contribution in [-0.2, 0) is 13.1 Å². The van der Waals surface area contributed by atoms with Gasteiger partial charge in [0.15, 0.2) is 0 Å². The molecule has 0 aliphatic heterocycles. The Morgan fingerprint density at radius 2 is 1.78 bits per heavy atom. The van der Waals surface area contributed by atoms with Gasteiger partial charge in [0.05, 0.1) is 7.05 Å². The Bertz CT molecular complexity index is 881. The highest BCUT2D eigenvalue weighted by Crippen LogP contribution is 2.21. The van der Waals surface area contributed by atoms with Gasteiger partial charge in [-0.1, -0.05) is 29.8 Å². The molecule has 1 unspecified atom stereocenters. The van der Waals surface area contributed by atoms with Gasteiger partial charge in [-0.2, -0.15) is 0 Å². The van der Waals surface area contributed by atoms with Gasteiger partial charge in [-0.05, 0) is 19.1 Å². The van der Waals surface area contributed by atoms with Gasteiger partial charge in [0, 0.05) is 28.6 Å². The zero-order valence-electron chi connectivity index (χ0n) is 13.3. The minimum absolute atomic E-state index is 0.0955. The Morgan fingerprint density at radius 1 is 1.04 bits per heavy atom. The minimum Gasteiger partial charge on any atom is -0.508 e. The largest absolute Gasteiger partial charge is 0.508 e. The zero-order valence-corrected chi connectivity index (χ0v) is 13.3. The van der Waals surface area contributed by atoms with E-state index in [1.165, 1.54) is 28.2 Å². The van der Waals surface area contributed by atoms with E-state index in [1.54, 1.807) is 12.1 Å². The van der Waals surface area contributed by atoms with E-state index >= 15 is 0 Å². The van der Waals surface area contributed by atoms with Crippen LogP contribution >= 0.6 is 0 Å². The summed E-state index contributed by atoms with van der Waals surface area (Å²) in [6.45, 7) is 3.66. The van der Waals surface area contributed by atoms with Crippen LogP contribution in [0.3, 0.4) is 0 Å². The van der Waals surface area contributed by atoms with E-state index in [4.69, 9.17) is 4.42 Å². The Kier molecular flexibility index (Phi) is 4.17. The minimum atomic E-state index is -0.388. The Morgan fingerprint density at radius 3 is 2.52 bits per heavy atom. The number of phenolic OH excluding ortho intramolecular Hbond substituents is 1. The van der Waals surface area contributed by atoms with Crippen molar-refractivity contribution in [3.63, 3.8) is 0 Å². The van der Waals surface area contributed by atoms with Crippen LogP contribution in [0.25, 0.3) is 11.0 Å². The Balaban J connectivity index is 1.85. The smallest absolute Gasteiger partial charge is 0.336 e. The predicted molar refractivity (Wildman–Crippen MR) is 89.6 cm³/mol. The number of hydrogen-bond acceptors (Lipinski definition) is 3. The highest BCUT2D eigenvalue weighted by molar-refractivity contribution is 5.81. The molecule has 0 amide bonds. The molecule has 1 heterocycles. The monoisotopic (exact) mass is 310 g/mol. The van der Waals surface area contributed by atoms with E-state index in [-0.39, 0.29) is 11.4 Å². The van der Waals surface area contributed by atoms with E-state index in [2.05, 4.69) is 38.2 Å². The molecular weight excluding hydrogens is 290 g/mol. The first-order valence-electron chi connectivity index (χ1n) is 7.64. The van der Waals surface area contributed by atoms with Crippen molar-refractivity contribution in [1.82, 2.24) is 0 Å². The number of phenols is 1. The topological polar surface area (TPSA) is 54.9 Å². The van der Waals surface area contributed by atoms with Crippen molar-refractivity contribution in [2.75, 3.05) is 7.05 Å². The molecule has 0 aliphatic carbocycles. The molecule has 2 aromatic carbocycles. The normalized spacial score (nSPS) is 12.4. The molecule has 0 bridgehead atoms. The van der Waals surface area contributed by atoms with Crippen molar-refractivity contribution in [1.29, 1.82) is 0 Å². The van der Waals surface area contributed by atoms with Crippen LogP contribution in [0.1, 0.15) is 16.7 Å². The molecule has 1 atom stereocenters. The third-order valence-corrected chi connectivity index (χ3v) is 3.93. The van der Waals surface area contributed by atoms with Crippen LogP contribution in [0.2, 0.25) is 0 Å². The average molecular weight is 310 g/mol. The molecule has 0 saturated carbocycles. The molecule has 0 saturated heterocycles. The summed E-state index contributed by atoms with van der Waals surface area (Å²) in [6.07, 6.45) is 0. The number of aryl methyl sites for hydroxylation is 1. The zero-order chi connectivity index (χ0) is 16.4. The number of hydrogen-bond donors (Lipinski definition) is 2. The number of aromatic hydroxyl groups is 1. The van der Waals surface area contributed by atoms with Gasteiger partial charge in [0.2, 0.25) is 0 Å². The molecule has 118 valence electrons. The third-order valence-electron chi connectivity index (χ3n) is 3.93. The van der Waals surface area contributed by atoms with Crippen LogP contribution in [-0.4, -0.2) is 12.2 Å². The quantitative estimate of drug-likeness (QED) is 0.725. The fourth-order valence-electron chi connectivity index (χ4n) is 2.81. The fraction of sp³-hybridized carbons (Fsp3) is 0.211. The summed E-state index contributed by atoms with van der Waals surface area (Å²) >= 11 is 0. The molecule has 0 radical (unpaired) electrons. The van der Waals surface area contributed by atoms with Crippen LogP contribution in [0, 0.1) is 6.92 Å². The standard InChI is InChI=1S/C19H19NO3/c1-13-3-5-14(6-4-13)11-20(2)12-15-9-19(22)23-18-10-16(21)7-8-17(15)18/h3-10,21H,11-12H2,1-2H3/p+1. The summed E-state index contributed by atoms with van der Waals surface area (Å²) in [4.78, 5) is 13.0. The highest BCUT2D eigenvalue weighted by Gasteiger charge is 2.11. The number of nitrogens with one attached hydrogen (secondary N) is 1. The summed E-state index contributed by atoms with van der Waals surface area (Å²) in [5.41, 5.74) is 3.48. The third kappa shape index (κ3) is 3.60. The van der Waals surface area contributed by atoms with Crippen molar-refractivity contribution in [2.45, 2.75) is 20.0 Å². The maximum Gasteiger partial charge on any atom is 0.336 e.